The normalized spacial score (nSPS) is 12.6. The van der Waals surface area contributed by atoms with Gasteiger partial charge < -0.3 is 5.32 Å². The second kappa shape index (κ2) is 6.84. The SMILES string of the molecule is C[C@H](NC(=O)/C=C/c1c(Cl)nc2ccccn12)c1ccc(F)cc1. The van der Waals surface area contributed by atoms with Gasteiger partial charge in [-0.2, -0.15) is 0 Å². The highest BCUT2D eigenvalue weighted by atomic mass is 35.5. The molecule has 2 heterocycles. The minimum atomic E-state index is -0.306. The summed E-state index contributed by atoms with van der Waals surface area (Å²) in [6.07, 6.45) is 4.85. The molecule has 122 valence electrons. The Bertz CT molecular complexity index is 902. The van der Waals surface area contributed by atoms with E-state index in [-0.39, 0.29) is 17.8 Å². The van der Waals surface area contributed by atoms with E-state index in [1.807, 2.05) is 31.3 Å². The maximum Gasteiger partial charge on any atom is 0.244 e. The molecule has 0 spiro atoms. The summed E-state index contributed by atoms with van der Waals surface area (Å²) in [4.78, 5) is 16.3. The summed E-state index contributed by atoms with van der Waals surface area (Å²) in [5.74, 6) is -0.576. The number of carbonyl (C=O) groups is 1. The number of rotatable bonds is 4. The van der Waals surface area contributed by atoms with E-state index in [2.05, 4.69) is 10.3 Å². The third kappa shape index (κ3) is 3.46. The van der Waals surface area contributed by atoms with Crippen molar-refractivity contribution in [2.45, 2.75) is 13.0 Å². The van der Waals surface area contributed by atoms with E-state index >= 15 is 0 Å². The molecule has 1 atom stereocenters. The number of fused-ring (bicyclic) bond motifs is 1. The predicted octanol–water partition coefficient (Wildman–Crippen LogP) is 4.02. The van der Waals surface area contributed by atoms with Crippen LogP contribution in [0, 0.1) is 5.82 Å². The first-order valence-electron chi connectivity index (χ1n) is 7.41. The van der Waals surface area contributed by atoms with Crippen molar-refractivity contribution in [3.63, 3.8) is 0 Å². The van der Waals surface area contributed by atoms with Gasteiger partial charge in [0.15, 0.2) is 5.15 Å². The molecule has 0 unspecified atom stereocenters. The van der Waals surface area contributed by atoms with Gasteiger partial charge in [0.05, 0.1) is 11.7 Å². The lowest BCUT2D eigenvalue weighted by atomic mass is 10.1. The Labute approximate surface area is 143 Å². The zero-order valence-electron chi connectivity index (χ0n) is 12.9. The molecule has 0 radical (unpaired) electrons. The van der Waals surface area contributed by atoms with Crippen LogP contribution in [0.2, 0.25) is 5.15 Å². The van der Waals surface area contributed by atoms with Crippen LogP contribution in [0.15, 0.2) is 54.7 Å². The van der Waals surface area contributed by atoms with Crippen molar-refractivity contribution >= 4 is 29.2 Å². The molecule has 0 fully saturated rings. The molecule has 0 saturated heterocycles. The minimum absolute atomic E-state index is 0.236. The molecule has 0 bridgehead atoms. The topological polar surface area (TPSA) is 46.4 Å². The third-order valence-electron chi connectivity index (χ3n) is 3.64. The van der Waals surface area contributed by atoms with Crippen molar-refractivity contribution in [3.05, 3.63) is 77.0 Å². The number of halogens is 2. The first-order valence-corrected chi connectivity index (χ1v) is 7.79. The zero-order valence-corrected chi connectivity index (χ0v) is 13.7. The molecule has 1 N–H and O–H groups in total. The Hall–Kier alpha value is -2.66. The Morgan fingerprint density at radius 1 is 1.29 bits per heavy atom. The van der Waals surface area contributed by atoms with Crippen molar-refractivity contribution < 1.29 is 9.18 Å². The summed E-state index contributed by atoms with van der Waals surface area (Å²) in [5.41, 5.74) is 2.17. The van der Waals surface area contributed by atoms with Crippen LogP contribution in [0.4, 0.5) is 4.39 Å². The molecular formula is C18H15ClFN3O. The number of nitrogens with one attached hydrogen (secondary N) is 1. The quantitative estimate of drug-likeness (QED) is 0.727. The Morgan fingerprint density at radius 3 is 2.79 bits per heavy atom. The van der Waals surface area contributed by atoms with Crippen molar-refractivity contribution in [1.82, 2.24) is 14.7 Å². The van der Waals surface area contributed by atoms with Gasteiger partial charge in [0.1, 0.15) is 11.5 Å². The number of hydrogen-bond donors (Lipinski definition) is 1. The van der Waals surface area contributed by atoms with Crippen molar-refractivity contribution in [1.29, 1.82) is 0 Å². The van der Waals surface area contributed by atoms with Crippen molar-refractivity contribution in [3.8, 4) is 0 Å². The van der Waals surface area contributed by atoms with Crippen LogP contribution in [0.1, 0.15) is 24.2 Å². The van der Waals surface area contributed by atoms with Crippen LogP contribution < -0.4 is 5.32 Å². The molecule has 1 amide bonds. The highest BCUT2D eigenvalue weighted by Crippen LogP contribution is 2.19. The number of imidazole rings is 1. The van der Waals surface area contributed by atoms with Crippen molar-refractivity contribution in [2.75, 3.05) is 0 Å². The molecule has 0 aliphatic heterocycles. The third-order valence-corrected chi connectivity index (χ3v) is 3.92. The fourth-order valence-corrected chi connectivity index (χ4v) is 2.63. The number of aromatic nitrogens is 2. The predicted molar refractivity (Wildman–Crippen MR) is 92.2 cm³/mol. The molecule has 24 heavy (non-hydrogen) atoms. The Morgan fingerprint density at radius 2 is 2.04 bits per heavy atom. The van der Waals surface area contributed by atoms with E-state index in [0.717, 1.165) is 5.56 Å². The van der Waals surface area contributed by atoms with Crippen LogP contribution in [0.5, 0.6) is 0 Å². The molecule has 0 aliphatic carbocycles. The smallest absolute Gasteiger partial charge is 0.244 e. The molecule has 1 aromatic carbocycles. The van der Waals surface area contributed by atoms with Gasteiger partial charge in [-0.25, -0.2) is 9.37 Å². The van der Waals surface area contributed by atoms with E-state index in [0.29, 0.717) is 16.5 Å². The summed E-state index contributed by atoms with van der Waals surface area (Å²) in [7, 11) is 0. The second-order valence-corrected chi connectivity index (χ2v) is 5.69. The van der Waals surface area contributed by atoms with Crippen molar-refractivity contribution in [2.24, 2.45) is 0 Å². The molecule has 4 nitrogen and oxygen atoms in total. The van der Waals surface area contributed by atoms with Crippen LogP contribution in [-0.4, -0.2) is 15.3 Å². The molecule has 2 aromatic heterocycles. The lowest BCUT2D eigenvalue weighted by Gasteiger charge is -2.12. The number of hydrogen-bond acceptors (Lipinski definition) is 2. The van der Waals surface area contributed by atoms with E-state index in [9.17, 15) is 9.18 Å². The maximum atomic E-state index is 12.9. The zero-order chi connectivity index (χ0) is 17.1. The van der Waals surface area contributed by atoms with Gasteiger partial charge in [0.25, 0.3) is 0 Å². The lowest BCUT2D eigenvalue weighted by Crippen LogP contribution is -2.24. The van der Waals surface area contributed by atoms with E-state index in [4.69, 9.17) is 11.6 Å². The average molecular weight is 344 g/mol. The second-order valence-electron chi connectivity index (χ2n) is 5.33. The Balaban J connectivity index is 1.73. The first kappa shape index (κ1) is 16.2. The Kier molecular flexibility index (Phi) is 4.62. The van der Waals surface area contributed by atoms with Crippen LogP contribution >= 0.6 is 11.6 Å². The standard InChI is InChI=1S/C18H15ClFN3O/c1-12(13-5-7-14(20)8-6-13)21-17(24)10-9-15-18(19)22-16-4-2-3-11-23(15)16/h2-12H,1H3,(H,21,24)/b10-9+/t12-/m0/s1. The van der Waals surface area contributed by atoms with Crippen LogP contribution in [0.3, 0.4) is 0 Å². The molecular weight excluding hydrogens is 329 g/mol. The van der Waals surface area contributed by atoms with Gasteiger partial charge in [0, 0.05) is 12.3 Å². The van der Waals surface area contributed by atoms with Gasteiger partial charge in [-0.15, -0.1) is 0 Å². The van der Waals surface area contributed by atoms with Gasteiger partial charge in [-0.3, -0.25) is 9.20 Å². The number of amides is 1. The molecule has 0 aliphatic rings. The highest BCUT2D eigenvalue weighted by molar-refractivity contribution is 6.31. The molecule has 0 saturated carbocycles. The summed E-state index contributed by atoms with van der Waals surface area (Å²) < 4.78 is 14.7. The highest BCUT2D eigenvalue weighted by Gasteiger charge is 2.10. The summed E-state index contributed by atoms with van der Waals surface area (Å²) >= 11 is 6.12. The fraction of sp³-hybridized carbons (Fsp3) is 0.111. The van der Waals surface area contributed by atoms with E-state index in [1.165, 1.54) is 18.2 Å². The van der Waals surface area contributed by atoms with E-state index in [1.54, 1.807) is 22.6 Å². The van der Waals surface area contributed by atoms with E-state index < -0.39 is 0 Å². The molecule has 3 aromatic rings. The summed E-state index contributed by atoms with van der Waals surface area (Å²) in [6, 6.07) is 11.3. The minimum Gasteiger partial charge on any atom is -0.346 e. The number of pyridine rings is 1. The summed E-state index contributed by atoms with van der Waals surface area (Å²) in [5, 5.41) is 3.16. The maximum absolute atomic E-state index is 12.9. The average Bonchev–Trinajstić information content (AvgIpc) is 2.88. The monoisotopic (exact) mass is 343 g/mol. The fourth-order valence-electron chi connectivity index (χ4n) is 2.39. The van der Waals surface area contributed by atoms with Crippen LogP contribution in [0.25, 0.3) is 11.7 Å². The number of nitrogens with zero attached hydrogens (tertiary/aromatic N) is 2. The van der Waals surface area contributed by atoms with Gasteiger partial charge in [-0.05, 0) is 42.8 Å². The lowest BCUT2D eigenvalue weighted by molar-refractivity contribution is -0.117. The largest absolute Gasteiger partial charge is 0.346 e. The number of benzene rings is 1. The first-order chi connectivity index (χ1) is 11.5. The van der Waals surface area contributed by atoms with Gasteiger partial charge in [0.2, 0.25) is 5.91 Å². The van der Waals surface area contributed by atoms with Gasteiger partial charge >= 0.3 is 0 Å². The molecule has 3 rings (SSSR count). The molecule has 6 heteroatoms. The number of carbonyl (C=O) groups excluding carboxylic acids is 1. The van der Waals surface area contributed by atoms with Crippen LogP contribution in [-0.2, 0) is 4.79 Å². The van der Waals surface area contributed by atoms with Gasteiger partial charge in [-0.1, -0.05) is 29.8 Å². The summed E-state index contributed by atoms with van der Waals surface area (Å²) in [6.45, 7) is 1.83.